The standard InChI is InChI=1S/C30H37N3O2S/c1-22-17-18-36-27(22)20-32(19-25-13-6-4-7-14-25)28(34)21-33(26-15-8-5-9-16-26)30(35)31-29-23(2)11-10-12-24(29)3/h4,6-7,10-14,17-18,26H,5,8-9,15-16,19-21H2,1-3H3,(H,31,35). The number of para-hydroxylation sites is 1. The zero-order valence-electron chi connectivity index (χ0n) is 21.6. The highest BCUT2D eigenvalue weighted by molar-refractivity contribution is 7.10. The summed E-state index contributed by atoms with van der Waals surface area (Å²) in [7, 11) is 0. The summed E-state index contributed by atoms with van der Waals surface area (Å²) < 4.78 is 0. The molecule has 5 nitrogen and oxygen atoms in total. The first-order valence-electron chi connectivity index (χ1n) is 12.9. The Morgan fingerprint density at radius 3 is 2.19 bits per heavy atom. The largest absolute Gasteiger partial charge is 0.332 e. The van der Waals surface area contributed by atoms with E-state index in [9.17, 15) is 9.59 Å². The van der Waals surface area contributed by atoms with Gasteiger partial charge < -0.3 is 15.1 Å². The summed E-state index contributed by atoms with van der Waals surface area (Å²) in [5.74, 6) is -0.0196. The highest BCUT2D eigenvalue weighted by Crippen LogP contribution is 2.26. The molecule has 6 heteroatoms. The van der Waals surface area contributed by atoms with Gasteiger partial charge in [-0.2, -0.15) is 0 Å². The maximum atomic E-state index is 13.8. The lowest BCUT2D eigenvalue weighted by Crippen LogP contribution is -2.49. The summed E-state index contributed by atoms with van der Waals surface area (Å²) in [6.07, 6.45) is 5.25. The second-order valence-corrected chi connectivity index (χ2v) is 10.9. The van der Waals surface area contributed by atoms with Crippen LogP contribution in [-0.2, 0) is 17.9 Å². The molecule has 3 amide bonds. The number of nitrogens with one attached hydrogen (secondary N) is 1. The van der Waals surface area contributed by atoms with Crippen LogP contribution in [0, 0.1) is 20.8 Å². The Bertz CT molecular complexity index is 1150. The molecule has 2 aromatic carbocycles. The molecule has 0 aliphatic heterocycles. The van der Waals surface area contributed by atoms with Gasteiger partial charge in [-0.05, 0) is 67.3 Å². The van der Waals surface area contributed by atoms with Gasteiger partial charge in [0.2, 0.25) is 5.91 Å². The Hall–Kier alpha value is -3.12. The van der Waals surface area contributed by atoms with Gasteiger partial charge in [0.1, 0.15) is 6.54 Å². The molecule has 36 heavy (non-hydrogen) atoms. The lowest BCUT2D eigenvalue weighted by molar-refractivity contribution is -0.133. The van der Waals surface area contributed by atoms with Gasteiger partial charge in [0.05, 0.1) is 6.54 Å². The van der Waals surface area contributed by atoms with Crippen LogP contribution in [0.4, 0.5) is 10.5 Å². The molecule has 0 radical (unpaired) electrons. The van der Waals surface area contributed by atoms with Gasteiger partial charge in [-0.1, -0.05) is 67.8 Å². The number of benzene rings is 2. The maximum absolute atomic E-state index is 13.8. The number of hydrogen-bond donors (Lipinski definition) is 1. The third-order valence-electron chi connectivity index (χ3n) is 7.17. The molecule has 1 fully saturated rings. The van der Waals surface area contributed by atoms with E-state index in [2.05, 4.69) is 23.7 Å². The molecule has 1 heterocycles. The van der Waals surface area contributed by atoms with Crippen LogP contribution in [0.3, 0.4) is 0 Å². The van der Waals surface area contributed by atoms with Crippen LogP contribution < -0.4 is 5.32 Å². The fourth-order valence-electron chi connectivity index (χ4n) is 4.97. The smallest absolute Gasteiger partial charge is 0.322 e. The Morgan fingerprint density at radius 2 is 1.56 bits per heavy atom. The van der Waals surface area contributed by atoms with Gasteiger partial charge in [0.25, 0.3) is 0 Å². The first-order chi connectivity index (χ1) is 17.4. The molecular formula is C30H37N3O2S. The Balaban J connectivity index is 1.57. The van der Waals surface area contributed by atoms with Gasteiger partial charge >= 0.3 is 6.03 Å². The summed E-state index contributed by atoms with van der Waals surface area (Å²) in [6, 6.07) is 18.1. The van der Waals surface area contributed by atoms with Crippen LogP contribution >= 0.6 is 11.3 Å². The number of anilines is 1. The van der Waals surface area contributed by atoms with Crippen LogP contribution in [0.2, 0.25) is 0 Å². The highest BCUT2D eigenvalue weighted by Gasteiger charge is 2.30. The monoisotopic (exact) mass is 503 g/mol. The minimum atomic E-state index is -0.181. The fraction of sp³-hybridized carbons (Fsp3) is 0.400. The van der Waals surface area contributed by atoms with E-state index in [0.29, 0.717) is 13.1 Å². The molecule has 0 bridgehead atoms. The van der Waals surface area contributed by atoms with Crippen molar-refractivity contribution in [2.45, 2.75) is 72.0 Å². The fourth-order valence-corrected chi connectivity index (χ4v) is 5.89. The van der Waals surface area contributed by atoms with Crippen molar-refractivity contribution in [1.29, 1.82) is 0 Å². The van der Waals surface area contributed by atoms with E-state index in [1.165, 1.54) is 16.9 Å². The van der Waals surface area contributed by atoms with Crippen LogP contribution in [0.1, 0.15) is 59.2 Å². The molecule has 0 spiro atoms. The molecule has 1 aliphatic rings. The van der Waals surface area contributed by atoms with Crippen molar-refractivity contribution in [3.8, 4) is 0 Å². The van der Waals surface area contributed by atoms with Crippen molar-refractivity contribution in [2.24, 2.45) is 0 Å². The first-order valence-corrected chi connectivity index (χ1v) is 13.8. The summed E-state index contributed by atoms with van der Waals surface area (Å²) >= 11 is 1.68. The summed E-state index contributed by atoms with van der Waals surface area (Å²) in [5.41, 5.74) is 5.17. The predicted octanol–water partition coefficient (Wildman–Crippen LogP) is 7.07. The number of aryl methyl sites for hydroxylation is 3. The normalized spacial score (nSPS) is 13.9. The summed E-state index contributed by atoms with van der Waals surface area (Å²) in [5, 5.41) is 5.21. The molecule has 1 N–H and O–H groups in total. The van der Waals surface area contributed by atoms with Crippen LogP contribution in [-0.4, -0.2) is 34.3 Å². The molecule has 4 rings (SSSR count). The summed E-state index contributed by atoms with van der Waals surface area (Å²) in [6.45, 7) is 7.25. The molecule has 3 aromatic rings. The number of nitrogens with zero attached hydrogens (tertiary/aromatic N) is 2. The van der Waals surface area contributed by atoms with Gasteiger partial charge in [0.15, 0.2) is 0 Å². The molecule has 0 atom stereocenters. The topological polar surface area (TPSA) is 52.7 Å². The molecule has 1 saturated carbocycles. The van der Waals surface area contributed by atoms with Gasteiger partial charge in [-0.3, -0.25) is 4.79 Å². The summed E-state index contributed by atoms with van der Waals surface area (Å²) in [4.78, 5) is 32.4. The number of carbonyl (C=O) groups excluding carboxylic acids is 2. The molecule has 0 unspecified atom stereocenters. The zero-order valence-corrected chi connectivity index (χ0v) is 22.4. The quantitative estimate of drug-likeness (QED) is 0.357. The van der Waals surface area contributed by atoms with Crippen molar-refractivity contribution in [3.05, 3.63) is 87.1 Å². The van der Waals surface area contributed by atoms with E-state index in [4.69, 9.17) is 0 Å². The minimum Gasteiger partial charge on any atom is -0.332 e. The van der Waals surface area contributed by atoms with Crippen molar-refractivity contribution in [2.75, 3.05) is 11.9 Å². The Kier molecular flexibility index (Phi) is 8.81. The van der Waals surface area contributed by atoms with Crippen LogP contribution in [0.25, 0.3) is 0 Å². The number of hydrogen-bond acceptors (Lipinski definition) is 3. The van der Waals surface area contributed by atoms with Crippen molar-refractivity contribution < 1.29 is 9.59 Å². The molecule has 190 valence electrons. The SMILES string of the molecule is Cc1ccsc1CN(Cc1ccccc1)C(=O)CN(C(=O)Nc1c(C)cccc1C)C1CCCCC1. The lowest BCUT2D eigenvalue weighted by atomic mass is 9.94. The Morgan fingerprint density at radius 1 is 0.861 bits per heavy atom. The zero-order chi connectivity index (χ0) is 25.5. The number of thiophene rings is 1. The van der Waals surface area contributed by atoms with Gasteiger partial charge in [-0.25, -0.2) is 4.79 Å². The molecular weight excluding hydrogens is 466 g/mol. The van der Waals surface area contributed by atoms with Crippen LogP contribution in [0.15, 0.2) is 60.0 Å². The van der Waals surface area contributed by atoms with E-state index in [-0.39, 0.29) is 24.5 Å². The van der Waals surface area contributed by atoms with Crippen LogP contribution in [0.5, 0.6) is 0 Å². The van der Waals surface area contributed by atoms with Gasteiger partial charge in [-0.15, -0.1) is 11.3 Å². The number of rotatable bonds is 8. The second-order valence-electron chi connectivity index (χ2n) is 9.88. The first kappa shape index (κ1) is 26.0. The van der Waals surface area contributed by atoms with E-state index in [1.807, 2.05) is 67.3 Å². The number of carbonyl (C=O) groups is 2. The predicted molar refractivity (Wildman–Crippen MR) is 148 cm³/mol. The second kappa shape index (κ2) is 12.2. The minimum absolute atomic E-state index is 0.0196. The van der Waals surface area contributed by atoms with Crippen molar-refractivity contribution >= 4 is 29.0 Å². The van der Waals surface area contributed by atoms with E-state index in [1.54, 1.807) is 16.2 Å². The average Bonchev–Trinajstić information content (AvgIpc) is 3.29. The van der Waals surface area contributed by atoms with Gasteiger partial charge in [0, 0.05) is 23.2 Å². The number of urea groups is 1. The van der Waals surface area contributed by atoms with Crippen molar-refractivity contribution in [3.63, 3.8) is 0 Å². The van der Waals surface area contributed by atoms with E-state index in [0.717, 1.165) is 48.1 Å². The lowest BCUT2D eigenvalue weighted by Gasteiger charge is -2.35. The van der Waals surface area contributed by atoms with Crippen molar-refractivity contribution in [1.82, 2.24) is 9.80 Å². The average molecular weight is 504 g/mol. The van der Waals surface area contributed by atoms with E-state index >= 15 is 0 Å². The molecule has 1 aliphatic carbocycles. The molecule has 0 saturated heterocycles. The Labute approximate surface area is 219 Å². The van der Waals surface area contributed by atoms with E-state index < -0.39 is 0 Å². The third-order valence-corrected chi connectivity index (χ3v) is 8.17. The number of amides is 3. The molecule has 1 aromatic heterocycles. The third kappa shape index (κ3) is 6.55. The maximum Gasteiger partial charge on any atom is 0.322 e. The highest BCUT2D eigenvalue weighted by atomic mass is 32.1.